The van der Waals surface area contributed by atoms with Crippen LogP contribution < -0.4 is 0 Å². The number of ether oxygens (including phenoxy) is 1. The number of hydrogen-bond acceptors (Lipinski definition) is 6. The van der Waals surface area contributed by atoms with Gasteiger partial charge in [-0.25, -0.2) is 14.8 Å². The van der Waals surface area contributed by atoms with E-state index in [1.54, 1.807) is 11.8 Å². The zero-order valence-corrected chi connectivity index (χ0v) is 24.7. The second-order valence-corrected chi connectivity index (χ2v) is 10.8. The minimum atomic E-state index is -0.610. The van der Waals surface area contributed by atoms with Gasteiger partial charge >= 0.3 is 5.97 Å². The summed E-state index contributed by atoms with van der Waals surface area (Å²) in [5.74, 6) is -0.506. The van der Waals surface area contributed by atoms with Gasteiger partial charge in [0.1, 0.15) is 17.9 Å². The van der Waals surface area contributed by atoms with E-state index in [9.17, 15) is 9.59 Å². The fraction of sp³-hybridized carbons (Fsp3) is 0.189. The Balaban J connectivity index is 1.27. The molecule has 0 aliphatic carbocycles. The second-order valence-electron chi connectivity index (χ2n) is 10.8. The van der Waals surface area contributed by atoms with E-state index in [2.05, 4.69) is 63.4 Å². The molecular weight excluding hydrogens is 548 g/mol. The van der Waals surface area contributed by atoms with Gasteiger partial charge in [0.25, 0.3) is 5.91 Å². The van der Waals surface area contributed by atoms with Crippen LogP contribution in [0.15, 0.2) is 121 Å². The molecule has 0 radical (unpaired) electrons. The number of amides is 1. The lowest BCUT2D eigenvalue weighted by molar-refractivity contribution is 0.0456. The van der Waals surface area contributed by atoms with E-state index in [-0.39, 0.29) is 29.8 Å². The lowest BCUT2D eigenvalue weighted by Crippen LogP contribution is -2.50. The van der Waals surface area contributed by atoms with Gasteiger partial charge in [0.2, 0.25) is 0 Å². The molecule has 220 valence electrons. The maximum atomic E-state index is 14.2. The highest BCUT2D eigenvalue weighted by Crippen LogP contribution is 2.30. The van der Waals surface area contributed by atoms with E-state index in [0.717, 1.165) is 11.1 Å². The maximum absolute atomic E-state index is 14.2. The second kappa shape index (κ2) is 13.4. The third-order valence-corrected chi connectivity index (χ3v) is 7.94. The van der Waals surface area contributed by atoms with Gasteiger partial charge in [-0.15, -0.1) is 0 Å². The SMILES string of the molecule is Cc1nc(-c2ccccc2)nc(C(=O)N2CCN(C(c3ccccc3)c3ccccc3)CC2)c1C(=O)OCc1ccccc1. The van der Waals surface area contributed by atoms with Gasteiger partial charge in [0.15, 0.2) is 5.82 Å². The molecule has 4 aromatic carbocycles. The summed E-state index contributed by atoms with van der Waals surface area (Å²) in [5, 5.41) is 0. The highest BCUT2D eigenvalue weighted by Gasteiger charge is 2.32. The molecule has 0 unspecified atom stereocenters. The first-order valence-corrected chi connectivity index (χ1v) is 14.9. The predicted molar refractivity (Wildman–Crippen MR) is 170 cm³/mol. The first-order valence-electron chi connectivity index (χ1n) is 14.9. The molecule has 7 nitrogen and oxygen atoms in total. The van der Waals surface area contributed by atoms with Crippen LogP contribution in [0.2, 0.25) is 0 Å². The van der Waals surface area contributed by atoms with Gasteiger partial charge in [-0.3, -0.25) is 9.69 Å². The predicted octanol–water partition coefficient (Wildman–Crippen LogP) is 6.36. The Labute approximate surface area is 257 Å². The molecule has 0 atom stereocenters. The van der Waals surface area contributed by atoms with E-state index in [0.29, 0.717) is 37.7 Å². The van der Waals surface area contributed by atoms with Crippen molar-refractivity contribution >= 4 is 11.9 Å². The van der Waals surface area contributed by atoms with E-state index in [1.807, 2.05) is 72.8 Å². The number of esters is 1. The summed E-state index contributed by atoms with van der Waals surface area (Å²) in [4.78, 5) is 41.1. The highest BCUT2D eigenvalue weighted by molar-refractivity contribution is 6.05. The maximum Gasteiger partial charge on any atom is 0.342 e. The molecule has 7 heteroatoms. The van der Waals surface area contributed by atoms with Gasteiger partial charge in [-0.1, -0.05) is 121 Å². The fourth-order valence-corrected chi connectivity index (χ4v) is 5.70. The molecule has 1 aliphatic rings. The van der Waals surface area contributed by atoms with Crippen LogP contribution in [0.3, 0.4) is 0 Å². The molecule has 1 fully saturated rings. The molecule has 44 heavy (non-hydrogen) atoms. The first-order chi connectivity index (χ1) is 21.6. The third kappa shape index (κ3) is 6.43. The Hall–Kier alpha value is -5.14. The van der Waals surface area contributed by atoms with Crippen LogP contribution in [-0.2, 0) is 11.3 Å². The van der Waals surface area contributed by atoms with Crippen molar-refractivity contribution in [2.24, 2.45) is 0 Å². The zero-order chi connectivity index (χ0) is 30.3. The molecule has 2 heterocycles. The Kier molecular flexibility index (Phi) is 8.85. The lowest BCUT2D eigenvalue weighted by Gasteiger charge is -2.39. The fourth-order valence-electron chi connectivity index (χ4n) is 5.70. The van der Waals surface area contributed by atoms with Gasteiger partial charge in [-0.2, -0.15) is 0 Å². The monoisotopic (exact) mass is 582 g/mol. The lowest BCUT2D eigenvalue weighted by atomic mass is 9.96. The van der Waals surface area contributed by atoms with Crippen molar-refractivity contribution in [3.63, 3.8) is 0 Å². The standard InChI is InChI=1S/C37H34N4O3/c1-27-32(37(43)44-26-28-14-6-2-7-15-28)33(39-35(38-27)31-20-12-5-13-21-31)36(42)41-24-22-40(23-25-41)34(29-16-8-3-9-17-29)30-18-10-4-11-19-30/h2-21,34H,22-26H2,1H3. The number of rotatable bonds is 8. The van der Waals surface area contributed by atoms with Gasteiger partial charge < -0.3 is 9.64 Å². The Morgan fingerprint density at radius 1 is 0.705 bits per heavy atom. The average molecular weight is 583 g/mol. The van der Waals surface area contributed by atoms with Crippen LogP contribution in [0.4, 0.5) is 0 Å². The summed E-state index contributed by atoms with van der Waals surface area (Å²) in [6.07, 6.45) is 0. The van der Waals surface area contributed by atoms with E-state index >= 15 is 0 Å². The molecule has 1 saturated heterocycles. The van der Waals surface area contributed by atoms with Crippen molar-refractivity contribution in [2.45, 2.75) is 19.6 Å². The normalized spacial score (nSPS) is 13.5. The highest BCUT2D eigenvalue weighted by atomic mass is 16.5. The van der Waals surface area contributed by atoms with E-state index < -0.39 is 5.97 Å². The zero-order valence-electron chi connectivity index (χ0n) is 24.7. The van der Waals surface area contributed by atoms with Crippen molar-refractivity contribution in [3.8, 4) is 11.4 Å². The van der Waals surface area contributed by atoms with Crippen LogP contribution >= 0.6 is 0 Å². The van der Waals surface area contributed by atoms with Crippen molar-refractivity contribution < 1.29 is 14.3 Å². The smallest absolute Gasteiger partial charge is 0.342 e. The third-order valence-electron chi connectivity index (χ3n) is 7.94. The molecule has 0 saturated carbocycles. The number of aromatic nitrogens is 2. The Bertz CT molecular complexity index is 1670. The summed E-state index contributed by atoms with van der Waals surface area (Å²) in [6, 6.07) is 39.9. The summed E-state index contributed by atoms with van der Waals surface area (Å²) >= 11 is 0. The number of piperazine rings is 1. The van der Waals surface area contributed by atoms with Gasteiger partial charge in [0, 0.05) is 31.7 Å². The largest absolute Gasteiger partial charge is 0.457 e. The molecule has 0 N–H and O–H groups in total. The molecule has 1 aliphatic heterocycles. The van der Waals surface area contributed by atoms with E-state index in [1.165, 1.54) is 11.1 Å². The van der Waals surface area contributed by atoms with Crippen LogP contribution in [-0.4, -0.2) is 57.8 Å². The Morgan fingerprint density at radius 2 is 1.23 bits per heavy atom. The summed E-state index contributed by atoms with van der Waals surface area (Å²) in [5.41, 5.74) is 4.64. The topological polar surface area (TPSA) is 75.6 Å². The molecule has 0 bridgehead atoms. The molecule has 0 spiro atoms. The minimum Gasteiger partial charge on any atom is -0.457 e. The van der Waals surface area contributed by atoms with Gasteiger partial charge in [0.05, 0.1) is 11.7 Å². The van der Waals surface area contributed by atoms with E-state index in [4.69, 9.17) is 4.74 Å². The molecule has 5 aromatic rings. The molecule has 1 aromatic heterocycles. The molecular formula is C37H34N4O3. The van der Waals surface area contributed by atoms with Crippen molar-refractivity contribution in [1.29, 1.82) is 0 Å². The van der Waals surface area contributed by atoms with Gasteiger partial charge in [-0.05, 0) is 23.6 Å². The van der Waals surface area contributed by atoms with Crippen LogP contribution in [0.5, 0.6) is 0 Å². The van der Waals surface area contributed by atoms with Crippen LogP contribution in [0.1, 0.15) is 49.3 Å². The number of hydrogen-bond donors (Lipinski definition) is 0. The first kappa shape index (κ1) is 29.0. The number of benzene rings is 4. The summed E-state index contributed by atoms with van der Waals surface area (Å²) < 4.78 is 5.67. The number of nitrogens with zero attached hydrogens (tertiary/aromatic N) is 4. The number of carbonyl (C=O) groups excluding carboxylic acids is 2. The van der Waals surface area contributed by atoms with Crippen molar-refractivity contribution in [2.75, 3.05) is 26.2 Å². The van der Waals surface area contributed by atoms with Crippen molar-refractivity contribution in [1.82, 2.24) is 19.8 Å². The average Bonchev–Trinajstić information content (AvgIpc) is 3.09. The molecule has 1 amide bonds. The number of carbonyl (C=O) groups is 2. The van der Waals surface area contributed by atoms with Crippen LogP contribution in [0, 0.1) is 6.92 Å². The summed E-state index contributed by atoms with van der Waals surface area (Å²) in [6.45, 7) is 4.15. The van der Waals surface area contributed by atoms with Crippen molar-refractivity contribution in [3.05, 3.63) is 155 Å². The Morgan fingerprint density at radius 3 is 1.80 bits per heavy atom. The quantitative estimate of drug-likeness (QED) is 0.198. The number of aryl methyl sites for hydroxylation is 1. The molecule has 6 rings (SSSR count). The van der Waals surface area contributed by atoms with Crippen LogP contribution in [0.25, 0.3) is 11.4 Å². The minimum absolute atomic E-state index is 0.0733. The summed E-state index contributed by atoms with van der Waals surface area (Å²) in [7, 11) is 0.